The van der Waals surface area contributed by atoms with Gasteiger partial charge in [-0.05, 0) is 18.3 Å². The summed E-state index contributed by atoms with van der Waals surface area (Å²) in [5.74, 6) is 1.04. The molecule has 86 valence electrons. The minimum absolute atomic E-state index is 0.195. The summed E-state index contributed by atoms with van der Waals surface area (Å²) in [6.07, 6.45) is 6.00. The maximum atomic E-state index is 9.84. The molecule has 3 heteroatoms. The summed E-state index contributed by atoms with van der Waals surface area (Å²) in [6, 6.07) is 0. The molecular formula is C12H22N2O. The van der Waals surface area contributed by atoms with Gasteiger partial charge in [0.05, 0.1) is 6.10 Å². The maximum absolute atomic E-state index is 9.84. The van der Waals surface area contributed by atoms with Gasteiger partial charge >= 0.3 is 0 Å². The standard InChI is InChI=1S/C12H22N2O/c1-12(2,3)9-10(15)5-6-11-13-7-8-14(11)4/h7-8,10,15H,5-6,9H2,1-4H3. The van der Waals surface area contributed by atoms with Gasteiger partial charge in [-0.25, -0.2) is 4.98 Å². The Bertz CT molecular complexity index is 299. The second kappa shape index (κ2) is 4.79. The second-order valence-electron chi connectivity index (χ2n) is 5.41. The van der Waals surface area contributed by atoms with E-state index in [0.717, 1.165) is 25.1 Å². The molecule has 0 aliphatic carbocycles. The van der Waals surface area contributed by atoms with E-state index in [1.807, 2.05) is 17.8 Å². The van der Waals surface area contributed by atoms with Crippen molar-refractivity contribution >= 4 is 0 Å². The van der Waals surface area contributed by atoms with Gasteiger partial charge in [0.1, 0.15) is 5.82 Å². The fourth-order valence-corrected chi connectivity index (χ4v) is 1.74. The van der Waals surface area contributed by atoms with Crippen LogP contribution in [0.5, 0.6) is 0 Å². The Kier molecular flexibility index (Phi) is 3.91. The molecule has 0 saturated carbocycles. The van der Waals surface area contributed by atoms with Crippen molar-refractivity contribution in [2.24, 2.45) is 12.5 Å². The van der Waals surface area contributed by atoms with E-state index >= 15 is 0 Å². The van der Waals surface area contributed by atoms with Crippen molar-refractivity contribution in [3.05, 3.63) is 18.2 Å². The predicted octanol–water partition coefficient (Wildman–Crippen LogP) is 2.15. The molecule has 0 spiro atoms. The second-order valence-corrected chi connectivity index (χ2v) is 5.41. The fourth-order valence-electron chi connectivity index (χ4n) is 1.74. The van der Waals surface area contributed by atoms with Crippen LogP contribution in [0, 0.1) is 5.41 Å². The molecule has 15 heavy (non-hydrogen) atoms. The summed E-state index contributed by atoms with van der Waals surface area (Å²) >= 11 is 0. The van der Waals surface area contributed by atoms with Crippen LogP contribution in [0.2, 0.25) is 0 Å². The number of aryl methyl sites for hydroxylation is 2. The number of aliphatic hydroxyl groups is 1. The smallest absolute Gasteiger partial charge is 0.108 e. The van der Waals surface area contributed by atoms with Gasteiger partial charge in [0.2, 0.25) is 0 Å². The number of aliphatic hydroxyl groups excluding tert-OH is 1. The number of nitrogens with zero attached hydrogens (tertiary/aromatic N) is 2. The summed E-state index contributed by atoms with van der Waals surface area (Å²) in [7, 11) is 1.98. The van der Waals surface area contributed by atoms with E-state index in [4.69, 9.17) is 0 Å². The Hall–Kier alpha value is -0.830. The van der Waals surface area contributed by atoms with Gasteiger partial charge in [-0.15, -0.1) is 0 Å². The van der Waals surface area contributed by atoms with E-state index in [2.05, 4.69) is 25.8 Å². The average Bonchev–Trinajstić information content (AvgIpc) is 2.44. The lowest BCUT2D eigenvalue weighted by Gasteiger charge is -2.22. The van der Waals surface area contributed by atoms with E-state index < -0.39 is 0 Å². The highest BCUT2D eigenvalue weighted by Gasteiger charge is 2.16. The van der Waals surface area contributed by atoms with Crippen LogP contribution in [0.25, 0.3) is 0 Å². The molecule has 0 amide bonds. The normalized spacial score (nSPS) is 14.2. The van der Waals surface area contributed by atoms with Gasteiger partial charge < -0.3 is 9.67 Å². The molecule has 0 bridgehead atoms. The van der Waals surface area contributed by atoms with Crippen LogP contribution in [0.1, 0.15) is 39.4 Å². The van der Waals surface area contributed by atoms with Crippen LogP contribution < -0.4 is 0 Å². The lowest BCUT2D eigenvalue weighted by Crippen LogP contribution is -2.18. The Balaban J connectivity index is 2.35. The molecule has 0 aliphatic rings. The number of aromatic nitrogens is 2. The molecule has 1 unspecified atom stereocenters. The first-order chi connectivity index (χ1) is 6.88. The molecule has 0 aliphatic heterocycles. The highest BCUT2D eigenvalue weighted by molar-refractivity contribution is 4.91. The van der Waals surface area contributed by atoms with Gasteiger partial charge in [0.15, 0.2) is 0 Å². The number of rotatable bonds is 4. The third-order valence-electron chi connectivity index (χ3n) is 2.47. The monoisotopic (exact) mass is 210 g/mol. The minimum Gasteiger partial charge on any atom is -0.393 e. The molecule has 1 heterocycles. The van der Waals surface area contributed by atoms with Crippen molar-refractivity contribution < 1.29 is 5.11 Å². The molecule has 1 aromatic heterocycles. The Morgan fingerprint density at radius 2 is 2.13 bits per heavy atom. The largest absolute Gasteiger partial charge is 0.393 e. The molecule has 1 aromatic rings. The van der Waals surface area contributed by atoms with E-state index in [-0.39, 0.29) is 11.5 Å². The van der Waals surface area contributed by atoms with Crippen molar-refractivity contribution in [3.8, 4) is 0 Å². The van der Waals surface area contributed by atoms with Crippen LogP contribution in [0.3, 0.4) is 0 Å². The summed E-state index contributed by atoms with van der Waals surface area (Å²) in [5, 5.41) is 9.84. The zero-order chi connectivity index (χ0) is 11.5. The van der Waals surface area contributed by atoms with Gasteiger partial charge in [-0.3, -0.25) is 0 Å². The highest BCUT2D eigenvalue weighted by Crippen LogP contribution is 2.22. The number of imidazole rings is 1. The quantitative estimate of drug-likeness (QED) is 0.827. The summed E-state index contributed by atoms with van der Waals surface area (Å²) < 4.78 is 2.00. The van der Waals surface area contributed by atoms with Crippen molar-refractivity contribution in [1.29, 1.82) is 0 Å². The van der Waals surface area contributed by atoms with E-state index in [1.165, 1.54) is 0 Å². The predicted molar refractivity (Wildman–Crippen MR) is 61.6 cm³/mol. The topological polar surface area (TPSA) is 38.0 Å². The Labute approximate surface area is 92.1 Å². The van der Waals surface area contributed by atoms with E-state index in [0.29, 0.717) is 0 Å². The van der Waals surface area contributed by atoms with Crippen LogP contribution in [-0.4, -0.2) is 20.8 Å². The van der Waals surface area contributed by atoms with Gasteiger partial charge in [-0.1, -0.05) is 20.8 Å². The number of hydrogen-bond acceptors (Lipinski definition) is 2. The average molecular weight is 210 g/mol. The molecule has 0 fully saturated rings. The zero-order valence-electron chi connectivity index (χ0n) is 10.2. The van der Waals surface area contributed by atoms with Gasteiger partial charge in [0.25, 0.3) is 0 Å². The first-order valence-corrected chi connectivity index (χ1v) is 5.53. The Morgan fingerprint density at radius 1 is 1.47 bits per heavy atom. The third kappa shape index (κ3) is 4.47. The first kappa shape index (κ1) is 12.2. The number of hydrogen-bond donors (Lipinski definition) is 1. The van der Waals surface area contributed by atoms with Crippen molar-refractivity contribution in [3.63, 3.8) is 0 Å². The minimum atomic E-state index is -0.221. The fraction of sp³-hybridized carbons (Fsp3) is 0.750. The van der Waals surface area contributed by atoms with Crippen molar-refractivity contribution in [2.75, 3.05) is 0 Å². The maximum Gasteiger partial charge on any atom is 0.108 e. The van der Waals surface area contributed by atoms with Crippen LogP contribution in [0.4, 0.5) is 0 Å². The SMILES string of the molecule is Cn1ccnc1CCC(O)CC(C)(C)C. The molecule has 1 N–H and O–H groups in total. The van der Waals surface area contributed by atoms with Crippen LogP contribution >= 0.6 is 0 Å². The first-order valence-electron chi connectivity index (χ1n) is 5.53. The molecule has 0 radical (unpaired) electrons. The van der Waals surface area contributed by atoms with Crippen LogP contribution in [0.15, 0.2) is 12.4 Å². The lowest BCUT2D eigenvalue weighted by molar-refractivity contribution is 0.112. The summed E-state index contributed by atoms with van der Waals surface area (Å²) in [6.45, 7) is 6.45. The van der Waals surface area contributed by atoms with E-state index in [9.17, 15) is 5.11 Å². The molecule has 1 rings (SSSR count). The van der Waals surface area contributed by atoms with Crippen LogP contribution in [-0.2, 0) is 13.5 Å². The third-order valence-corrected chi connectivity index (χ3v) is 2.47. The molecule has 1 atom stereocenters. The van der Waals surface area contributed by atoms with Gasteiger partial charge in [0, 0.05) is 25.9 Å². The summed E-state index contributed by atoms with van der Waals surface area (Å²) in [5.41, 5.74) is 0.195. The van der Waals surface area contributed by atoms with Crippen molar-refractivity contribution in [2.45, 2.75) is 46.1 Å². The van der Waals surface area contributed by atoms with Crippen molar-refractivity contribution in [1.82, 2.24) is 9.55 Å². The zero-order valence-corrected chi connectivity index (χ0v) is 10.2. The molecule has 0 aromatic carbocycles. The molecular weight excluding hydrogens is 188 g/mol. The highest BCUT2D eigenvalue weighted by atomic mass is 16.3. The Morgan fingerprint density at radius 3 is 2.60 bits per heavy atom. The molecule has 3 nitrogen and oxygen atoms in total. The lowest BCUT2D eigenvalue weighted by atomic mass is 9.88. The van der Waals surface area contributed by atoms with Gasteiger partial charge in [-0.2, -0.15) is 0 Å². The molecule has 0 saturated heterocycles. The summed E-state index contributed by atoms with van der Waals surface area (Å²) in [4.78, 5) is 4.24. The van der Waals surface area contributed by atoms with E-state index in [1.54, 1.807) is 6.20 Å².